The lowest BCUT2D eigenvalue weighted by Gasteiger charge is -1.99. The molecule has 2 rings (SSSR count). The first-order valence-electron chi connectivity index (χ1n) is 4.81. The van der Waals surface area contributed by atoms with Crippen molar-refractivity contribution in [3.05, 3.63) is 32.4 Å². The van der Waals surface area contributed by atoms with Gasteiger partial charge in [-0.3, -0.25) is 9.97 Å². The Morgan fingerprint density at radius 2 is 1.17 bits per heavy atom. The van der Waals surface area contributed by atoms with Crippen LogP contribution in [0.4, 0.5) is 0 Å². The summed E-state index contributed by atoms with van der Waals surface area (Å²) in [4.78, 5) is 31.0. The molecule has 0 saturated heterocycles. The number of hydrogen-bond acceptors (Lipinski definition) is 6. The van der Waals surface area contributed by atoms with Crippen molar-refractivity contribution < 1.29 is 10.2 Å². The number of nitrogens with one attached hydrogen (secondary N) is 4. The van der Waals surface area contributed by atoms with Crippen LogP contribution < -0.4 is 11.4 Å². The van der Waals surface area contributed by atoms with Gasteiger partial charge in [0.1, 0.15) is 0 Å². The molecule has 0 atom stereocenters. The Labute approximate surface area is 108 Å². The standard InChI is InChI=1S/C8H10N4O4S2/c13-5-3(9-7(15)11-5)1-17-18-2-4-6(14)12-8(16)10-4/h13-14H,1-2H2,(H2,9,11,15)(H2,10,12,16). The molecule has 2 aromatic rings. The number of H-pyrrole nitrogens is 4. The van der Waals surface area contributed by atoms with Gasteiger partial charge in [-0.2, -0.15) is 0 Å². The molecule has 0 fully saturated rings. The Kier molecular flexibility index (Phi) is 3.77. The molecule has 18 heavy (non-hydrogen) atoms. The van der Waals surface area contributed by atoms with Crippen molar-refractivity contribution in [3.63, 3.8) is 0 Å². The van der Waals surface area contributed by atoms with Gasteiger partial charge in [-0.25, -0.2) is 9.59 Å². The van der Waals surface area contributed by atoms with Crippen LogP contribution >= 0.6 is 21.6 Å². The van der Waals surface area contributed by atoms with Gasteiger partial charge in [-0.1, -0.05) is 21.6 Å². The van der Waals surface area contributed by atoms with E-state index in [9.17, 15) is 19.8 Å². The molecular formula is C8H10N4O4S2. The Morgan fingerprint density at radius 3 is 1.44 bits per heavy atom. The predicted octanol–water partition coefficient (Wildman–Crippen LogP) is 0.212. The fourth-order valence-corrected chi connectivity index (χ4v) is 3.26. The van der Waals surface area contributed by atoms with Crippen LogP contribution in [0.1, 0.15) is 11.4 Å². The first-order chi connectivity index (χ1) is 8.56. The minimum atomic E-state index is -0.458. The predicted molar refractivity (Wildman–Crippen MR) is 68.7 cm³/mol. The molecule has 0 bridgehead atoms. The molecule has 0 aliphatic rings. The molecule has 0 aromatic carbocycles. The highest BCUT2D eigenvalue weighted by Gasteiger charge is 2.08. The highest BCUT2D eigenvalue weighted by atomic mass is 33.1. The number of aromatic hydroxyl groups is 2. The van der Waals surface area contributed by atoms with E-state index in [1.54, 1.807) is 0 Å². The van der Waals surface area contributed by atoms with Crippen LogP contribution in [0.3, 0.4) is 0 Å². The van der Waals surface area contributed by atoms with Crippen LogP contribution in [-0.4, -0.2) is 30.1 Å². The van der Waals surface area contributed by atoms with Crippen LogP contribution in [0.15, 0.2) is 9.59 Å². The lowest BCUT2D eigenvalue weighted by atomic mass is 10.5. The molecule has 0 aliphatic carbocycles. The molecule has 0 saturated carbocycles. The van der Waals surface area contributed by atoms with Crippen LogP contribution in [0.25, 0.3) is 0 Å². The molecule has 0 unspecified atom stereocenters. The lowest BCUT2D eigenvalue weighted by Crippen LogP contribution is -2.00. The first-order valence-corrected chi connectivity index (χ1v) is 7.29. The van der Waals surface area contributed by atoms with E-state index >= 15 is 0 Å². The van der Waals surface area contributed by atoms with Crippen molar-refractivity contribution >= 4 is 21.6 Å². The van der Waals surface area contributed by atoms with Crippen LogP contribution in [-0.2, 0) is 11.5 Å². The van der Waals surface area contributed by atoms with Crippen LogP contribution in [0.2, 0.25) is 0 Å². The fraction of sp³-hybridized carbons (Fsp3) is 0.250. The lowest BCUT2D eigenvalue weighted by molar-refractivity contribution is 0.450. The maximum absolute atomic E-state index is 10.8. The van der Waals surface area contributed by atoms with Gasteiger partial charge >= 0.3 is 11.4 Å². The Morgan fingerprint density at radius 1 is 0.778 bits per heavy atom. The third kappa shape index (κ3) is 2.96. The van der Waals surface area contributed by atoms with Crippen LogP contribution in [0.5, 0.6) is 11.8 Å². The van der Waals surface area contributed by atoms with Gasteiger partial charge < -0.3 is 20.2 Å². The summed E-state index contributed by atoms with van der Waals surface area (Å²) in [6.45, 7) is 0. The number of imidazole rings is 2. The minimum Gasteiger partial charge on any atom is -0.493 e. The minimum absolute atomic E-state index is 0.175. The molecule has 98 valence electrons. The summed E-state index contributed by atoms with van der Waals surface area (Å²) in [6, 6.07) is 0. The summed E-state index contributed by atoms with van der Waals surface area (Å²) >= 11 is 0. The summed E-state index contributed by atoms with van der Waals surface area (Å²) in [6.07, 6.45) is 0. The fourth-order valence-electron chi connectivity index (χ4n) is 1.23. The van der Waals surface area contributed by atoms with Gasteiger partial charge in [-0.05, 0) is 0 Å². The maximum atomic E-state index is 10.8. The quantitative estimate of drug-likeness (QED) is 0.344. The molecule has 0 spiro atoms. The van der Waals surface area contributed by atoms with E-state index in [2.05, 4.69) is 19.9 Å². The molecule has 8 nitrogen and oxygen atoms in total. The second kappa shape index (κ2) is 5.31. The highest BCUT2D eigenvalue weighted by molar-refractivity contribution is 8.76. The molecule has 2 aromatic heterocycles. The highest BCUT2D eigenvalue weighted by Crippen LogP contribution is 2.31. The number of rotatable bonds is 5. The third-order valence-electron chi connectivity index (χ3n) is 2.05. The third-order valence-corrected chi connectivity index (χ3v) is 4.24. The van der Waals surface area contributed by atoms with Gasteiger partial charge in [0.25, 0.3) is 0 Å². The number of aromatic amines is 4. The maximum Gasteiger partial charge on any atom is 0.325 e. The molecule has 10 heteroatoms. The van der Waals surface area contributed by atoms with Crippen molar-refractivity contribution in [2.75, 3.05) is 0 Å². The van der Waals surface area contributed by atoms with E-state index in [0.29, 0.717) is 22.9 Å². The second-order valence-electron chi connectivity index (χ2n) is 3.34. The van der Waals surface area contributed by atoms with E-state index in [1.165, 1.54) is 21.6 Å². The molecular weight excluding hydrogens is 280 g/mol. The summed E-state index contributed by atoms with van der Waals surface area (Å²) in [7, 11) is 2.73. The number of hydrogen-bond donors (Lipinski definition) is 6. The normalized spacial score (nSPS) is 10.9. The average molecular weight is 290 g/mol. The molecule has 6 N–H and O–H groups in total. The SMILES string of the molecule is O=c1[nH]c(O)c(CSSCc2[nH]c(=O)[nH]c2O)[nH]1. The van der Waals surface area contributed by atoms with Gasteiger partial charge in [-0.15, -0.1) is 0 Å². The zero-order valence-corrected chi connectivity index (χ0v) is 10.6. The molecule has 0 aliphatic heterocycles. The van der Waals surface area contributed by atoms with E-state index in [4.69, 9.17) is 0 Å². The number of aromatic nitrogens is 4. The largest absolute Gasteiger partial charge is 0.493 e. The Hall–Kier alpha value is -1.68. The summed E-state index contributed by atoms with van der Waals surface area (Å²) < 4.78 is 0. The smallest absolute Gasteiger partial charge is 0.325 e. The topological polar surface area (TPSA) is 138 Å². The summed E-state index contributed by atoms with van der Waals surface area (Å²) in [5, 5.41) is 18.6. The van der Waals surface area contributed by atoms with E-state index < -0.39 is 11.4 Å². The first kappa shape index (κ1) is 12.8. The van der Waals surface area contributed by atoms with Gasteiger partial charge in [0.2, 0.25) is 11.8 Å². The van der Waals surface area contributed by atoms with Gasteiger partial charge in [0.15, 0.2) is 0 Å². The molecule has 2 heterocycles. The monoisotopic (exact) mass is 290 g/mol. The summed E-state index contributed by atoms with van der Waals surface area (Å²) in [5.41, 5.74) is -0.102. The Bertz CT molecular complexity index is 584. The van der Waals surface area contributed by atoms with E-state index in [-0.39, 0.29) is 11.8 Å². The van der Waals surface area contributed by atoms with E-state index in [0.717, 1.165) is 0 Å². The van der Waals surface area contributed by atoms with Crippen molar-refractivity contribution in [3.8, 4) is 11.8 Å². The Balaban J connectivity index is 1.83. The van der Waals surface area contributed by atoms with E-state index in [1.807, 2.05) is 0 Å². The van der Waals surface area contributed by atoms with Gasteiger partial charge in [0, 0.05) is 11.5 Å². The van der Waals surface area contributed by atoms with Crippen molar-refractivity contribution in [1.82, 2.24) is 19.9 Å². The molecule has 0 amide bonds. The average Bonchev–Trinajstić information content (AvgIpc) is 2.77. The van der Waals surface area contributed by atoms with Crippen molar-refractivity contribution in [2.24, 2.45) is 0 Å². The van der Waals surface area contributed by atoms with Crippen molar-refractivity contribution in [2.45, 2.75) is 11.5 Å². The van der Waals surface area contributed by atoms with Crippen molar-refractivity contribution in [1.29, 1.82) is 0 Å². The van der Waals surface area contributed by atoms with Gasteiger partial charge in [0.05, 0.1) is 11.4 Å². The second-order valence-corrected chi connectivity index (χ2v) is 5.80. The zero-order chi connectivity index (χ0) is 13.1. The zero-order valence-electron chi connectivity index (χ0n) is 8.94. The summed E-state index contributed by atoms with van der Waals surface area (Å²) in [5.74, 6) is 0.437. The molecule has 0 radical (unpaired) electrons. The van der Waals surface area contributed by atoms with Crippen LogP contribution in [0, 0.1) is 0 Å².